The van der Waals surface area contributed by atoms with E-state index in [2.05, 4.69) is 10.6 Å². The van der Waals surface area contributed by atoms with Crippen LogP contribution in [0.25, 0.3) is 0 Å². The number of nitrogens with zero attached hydrogens (tertiary/aromatic N) is 1. The van der Waals surface area contributed by atoms with E-state index in [9.17, 15) is 9.59 Å². The van der Waals surface area contributed by atoms with Crippen LogP contribution in [0.3, 0.4) is 0 Å². The average Bonchev–Trinajstić information content (AvgIpc) is 2.90. The molecule has 24 heavy (non-hydrogen) atoms. The fraction of sp³-hybridized carbons (Fsp3) is 0.222. The molecule has 0 bridgehead atoms. The quantitative estimate of drug-likeness (QED) is 0.894. The van der Waals surface area contributed by atoms with Crippen molar-refractivity contribution in [3.8, 4) is 0 Å². The molecule has 0 aromatic heterocycles. The zero-order valence-corrected chi connectivity index (χ0v) is 14.0. The lowest BCUT2D eigenvalue weighted by atomic mass is 10.2. The molecule has 5 nitrogen and oxygen atoms in total. The van der Waals surface area contributed by atoms with Crippen molar-refractivity contribution in [3.05, 3.63) is 59.1 Å². The Morgan fingerprint density at radius 2 is 1.88 bits per heavy atom. The van der Waals surface area contributed by atoms with E-state index in [1.165, 1.54) is 0 Å². The number of para-hydroxylation sites is 1. The van der Waals surface area contributed by atoms with Crippen molar-refractivity contribution in [2.24, 2.45) is 0 Å². The first-order valence-corrected chi connectivity index (χ1v) is 8.10. The predicted molar refractivity (Wildman–Crippen MR) is 95.5 cm³/mol. The maximum absolute atomic E-state index is 12.2. The molecule has 0 aliphatic carbocycles. The van der Waals surface area contributed by atoms with E-state index in [1.54, 1.807) is 29.2 Å². The molecule has 1 heterocycles. The lowest BCUT2D eigenvalue weighted by Gasteiger charge is -2.17. The first-order chi connectivity index (χ1) is 11.5. The second-order valence-corrected chi connectivity index (χ2v) is 6.23. The molecule has 6 heteroatoms. The molecule has 3 amide bonds. The van der Waals surface area contributed by atoms with Gasteiger partial charge in [0, 0.05) is 18.7 Å². The summed E-state index contributed by atoms with van der Waals surface area (Å²) >= 11 is 6.02. The van der Waals surface area contributed by atoms with Crippen LogP contribution >= 0.6 is 11.6 Å². The Labute approximate surface area is 145 Å². The molecule has 1 saturated heterocycles. The zero-order valence-electron chi connectivity index (χ0n) is 13.3. The molecular formula is C18H18ClN3O2. The second kappa shape index (κ2) is 6.93. The SMILES string of the molecule is Cc1ccc(N2C[C@H](NC(=O)Nc3ccccc3Cl)CC2=O)cc1. The predicted octanol–water partition coefficient (Wildman–Crippen LogP) is 3.58. The first-order valence-electron chi connectivity index (χ1n) is 7.72. The molecule has 0 saturated carbocycles. The van der Waals surface area contributed by atoms with Gasteiger partial charge in [-0.2, -0.15) is 0 Å². The van der Waals surface area contributed by atoms with Gasteiger partial charge in [0.15, 0.2) is 0 Å². The van der Waals surface area contributed by atoms with Crippen LogP contribution in [0.4, 0.5) is 16.2 Å². The van der Waals surface area contributed by atoms with Crippen molar-refractivity contribution in [3.63, 3.8) is 0 Å². The third-order valence-electron chi connectivity index (χ3n) is 3.93. The van der Waals surface area contributed by atoms with Gasteiger partial charge in [0.25, 0.3) is 0 Å². The van der Waals surface area contributed by atoms with Crippen LogP contribution in [-0.2, 0) is 4.79 Å². The minimum Gasteiger partial charge on any atom is -0.333 e. The van der Waals surface area contributed by atoms with E-state index in [0.29, 0.717) is 17.3 Å². The molecular weight excluding hydrogens is 326 g/mol. The van der Waals surface area contributed by atoms with Gasteiger partial charge in [-0.3, -0.25) is 4.79 Å². The van der Waals surface area contributed by atoms with Gasteiger partial charge in [-0.25, -0.2) is 4.79 Å². The summed E-state index contributed by atoms with van der Waals surface area (Å²) in [7, 11) is 0. The van der Waals surface area contributed by atoms with Crippen molar-refractivity contribution in [1.82, 2.24) is 5.32 Å². The Kier molecular flexibility index (Phi) is 4.71. The Bertz CT molecular complexity index is 761. The van der Waals surface area contributed by atoms with Gasteiger partial charge in [-0.1, -0.05) is 41.4 Å². The van der Waals surface area contributed by atoms with Crippen LogP contribution in [0.5, 0.6) is 0 Å². The van der Waals surface area contributed by atoms with Crippen LogP contribution < -0.4 is 15.5 Å². The topological polar surface area (TPSA) is 61.4 Å². The number of amides is 3. The van der Waals surface area contributed by atoms with E-state index in [-0.39, 0.29) is 24.4 Å². The van der Waals surface area contributed by atoms with Crippen molar-refractivity contribution >= 4 is 34.9 Å². The van der Waals surface area contributed by atoms with Gasteiger partial charge >= 0.3 is 6.03 Å². The molecule has 0 spiro atoms. The Morgan fingerprint density at radius 1 is 1.17 bits per heavy atom. The zero-order chi connectivity index (χ0) is 17.1. The standard InChI is InChI=1S/C18H18ClN3O2/c1-12-6-8-14(9-7-12)22-11-13(10-17(22)23)20-18(24)21-16-5-3-2-4-15(16)19/h2-9,13H,10-11H2,1H3,(H2,20,21,24)/t13-/m1/s1. The number of hydrogen-bond acceptors (Lipinski definition) is 2. The number of aryl methyl sites for hydroxylation is 1. The Balaban J connectivity index is 1.61. The lowest BCUT2D eigenvalue weighted by Crippen LogP contribution is -2.39. The largest absolute Gasteiger partial charge is 0.333 e. The third kappa shape index (κ3) is 3.68. The highest BCUT2D eigenvalue weighted by atomic mass is 35.5. The van der Waals surface area contributed by atoms with E-state index in [1.807, 2.05) is 31.2 Å². The maximum Gasteiger partial charge on any atom is 0.319 e. The summed E-state index contributed by atoms with van der Waals surface area (Å²) in [5.41, 5.74) is 2.52. The molecule has 1 aliphatic heterocycles. The number of urea groups is 1. The van der Waals surface area contributed by atoms with Crippen LogP contribution in [0.15, 0.2) is 48.5 Å². The van der Waals surface area contributed by atoms with E-state index in [0.717, 1.165) is 11.3 Å². The number of benzene rings is 2. The summed E-state index contributed by atoms with van der Waals surface area (Å²) in [5, 5.41) is 6.00. The Morgan fingerprint density at radius 3 is 2.58 bits per heavy atom. The van der Waals surface area contributed by atoms with E-state index < -0.39 is 0 Å². The van der Waals surface area contributed by atoms with E-state index >= 15 is 0 Å². The average molecular weight is 344 g/mol. The third-order valence-corrected chi connectivity index (χ3v) is 4.26. The molecule has 2 N–H and O–H groups in total. The normalized spacial score (nSPS) is 17.0. The molecule has 1 aliphatic rings. The van der Waals surface area contributed by atoms with Gasteiger partial charge < -0.3 is 15.5 Å². The highest BCUT2D eigenvalue weighted by Crippen LogP contribution is 2.23. The summed E-state index contributed by atoms with van der Waals surface area (Å²) in [6.45, 7) is 2.46. The maximum atomic E-state index is 12.2. The number of hydrogen-bond donors (Lipinski definition) is 2. The van der Waals surface area contributed by atoms with Crippen molar-refractivity contribution in [2.75, 3.05) is 16.8 Å². The van der Waals surface area contributed by atoms with Crippen molar-refractivity contribution in [2.45, 2.75) is 19.4 Å². The molecule has 0 radical (unpaired) electrons. The minimum absolute atomic E-state index is 0.00176. The summed E-state index contributed by atoms with van der Waals surface area (Å²) in [5.74, 6) is 0.00176. The highest BCUT2D eigenvalue weighted by molar-refractivity contribution is 6.33. The van der Waals surface area contributed by atoms with Gasteiger partial charge in [-0.15, -0.1) is 0 Å². The monoisotopic (exact) mass is 343 g/mol. The molecule has 3 rings (SSSR count). The van der Waals surface area contributed by atoms with Gasteiger partial charge in [-0.05, 0) is 31.2 Å². The second-order valence-electron chi connectivity index (χ2n) is 5.82. The smallest absolute Gasteiger partial charge is 0.319 e. The molecule has 1 fully saturated rings. The van der Waals surface area contributed by atoms with Crippen molar-refractivity contribution in [1.29, 1.82) is 0 Å². The highest BCUT2D eigenvalue weighted by Gasteiger charge is 2.31. The molecule has 124 valence electrons. The first kappa shape index (κ1) is 16.3. The minimum atomic E-state index is -0.369. The molecule has 2 aromatic rings. The van der Waals surface area contributed by atoms with Crippen LogP contribution in [0.2, 0.25) is 5.02 Å². The van der Waals surface area contributed by atoms with Crippen molar-refractivity contribution < 1.29 is 9.59 Å². The number of halogens is 1. The van der Waals surface area contributed by atoms with Gasteiger partial charge in [0.1, 0.15) is 0 Å². The van der Waals surface area contributed by atoms with E-state index in [4.69, 9.17) is 11.6 Å². The number of nitrogens with one attached hydrogen (secondary N) is 2. The summed E-state index contributed by atoms with van der Waals surface area (Å²) < 4.78 is 0. The van der Waals surface area contributed by atoms with Gasteiger partial charge in [0.05, 0.1) is 16.8 Å². The molecule has 0 unspecified atom stereocenters. The summed E-state index contributed by atoms with van der Waals surface area (Å²) in [6.07, 6.45) is 0.282. The number of carbonyl (C=O) groups is 2. The van der Waals surface area contributed by atoms with Crippen LogP contribution in [0.1, 0.15) is 12.0 Å². The van der Waals surface area contributed by atoms with Crippen LogP contribution in [0, 0.1) is 6.92 Å². The number of carbonyl (C=O) groups excluding carboxylic acids is 2. The van der Waals surface area contributed by atoms with Gasteiger partial charge in [0.2, 0.25) is 5.91 Å². The Hall–Kier alpha value is -2.53. The summed E-state index contributed by atoms with van der Waals surface area (Å²) in [6, 6.07) is 14.2. The number of rotatable bonds is 3. The number of anilines is 2. The fourth-order valence-electron chi connectivity index (χ4n) is 2.68. The molecule has 2 aromatic carbocycles. The van der Waals surface area contributed by atoms with Crippen LogP contribution in [-0.4, -0.2) is 24.5 Å². The molecule has 1 atom stereocenters. The fourth-order valence-corrected chi connectivity index (χ4v) is 2.87. The lowest BCUT2D eigenvalue weighted by molar-refractivity contribution is -0.117. The summed E-state index contributed by atoms with van der Waals surface area (Å²) in [4.78, 5) is 26.0.